The van der Waals surface area contributed by atoms with Crippen molar-refractivity contribution in [2.45, 2.75) is 20.0 Å². The zero-order valence-electron chi connectivity index (χ0n) is 10.2. The molecule has 19 heavy (non-hydrogen) atoms. The molecule has 102 valence electrons. The van der Waals surface area contributed by atoms with Crippen molar-refractivity contribution >= 4 is 17.8 Å². The highest BCUT2D eigenvalue weighted by Crippen LogP contribution is 2.35. The maximum atomic E-state index is 11.0. The number of nitro groups is 1. The number of hydrogen-bond acceptors (Lipinski definition) is 6. The van der Waals surface area contributed by atoms with E-state index in [1.807, 2.05) is 0 Å². The molecule has 0 spiro atoms. The monoisotopic (exact) mass is 269 g/mol. The largest absolute Gasteiger partial charge is 0.511 e. The first-order valence-electron chi connectivity index (χ1n) is 5.18. The van der Waals surface area contributed by atoms with Crippen LogP contribution in [-0.2, 0) is 9.53 Å². The fourth-order valence-corrected chi connectivity index (χ4v) is 1.55. The molecule has 0 heterocycles. The summed E-state index contributed by atoms with van der Waals surface area (Å²) in [5.41, 5.74) is -0.488. The number of nitrogens with zero attached hydrogens (tertiary/aromatic N) is 1. The second-order valence-corrected chi connectivity index (χ2v) is 3.57. The Kier molecular flexibility index (Phi) is 4.41. The smallest absolute Gasteiger partial charge is 0.458 e. The van der Waals surface area contributed by atoms with Gasteiger partial charge in [0.2, 0.25) is 5.75 Å². The van der Waals surface area contributed by atoms with Crippen molar-refractivity contribution in [2.24, 2.45) is 0 Å². The van der Waals surface area contributed by atoms with Gasteiger partial charge in [0.25, 0.3) is 0 Å². The summed E-state index contributed by atoms with van der Waals surface area (Å²) in [7, 11) is 0. The average Bonchev–Trinajstić information content (AvgIpc) is 2.26. The van der Waals surface area contributed by atoms with E-state index in [1.165, 1.54) is 26.0 Å². The summed E-state index contributed by atoms with van der Waals surface area (Å²) in [6.07, 6.45) is -2.56. The Morgan fingerprint density at radius 1 is 1.42 bits per heavy atom. The molecule has 0 aromatic heterocycles. The van der Waals surface area contributed by atoms with E-state index in [2.05, 4.69) is 4.74 Å². The van der Waals surface area contributed by atoms with E-state index in [0.717, 1.165) is 6.07 Å². The van der Waals surface area contributed by atoms with Gasteiger partial charge in [-0.25, -0.2) is 4.79 Å². The van der Waals surface area contributed by atoms with Crippen LogP contribution >= 0.6 is 0 Å². The highest BCUT2D eigenvalue weighted by Gasteiger charge is 2.27. The van der Waals surface area contributed by atoms with Gasteiger partial charge in [-0.1, -0.05) is 6.07 Å². The lowest BCUT2D eigenvalue weighted by Gasteiger charge is -2.13. The molecule has 1 unspecified atom stereocenters. The zero-order chi connectivity index (χ0) is 14.6. The number of hydrogen-bond donors (Lipinski definition) is 1. The van der Waals surface area contributed by atoms with Gasteiger partial charge in [-0.2, -0.15) is 0 Å². The predicted octanol–water partition coefficient (Wildman–Crippen LogP) is 2.28. The number of nitro benzene ring substituents is 1. The van der Waals surface area contributed by atoms with Crippen LogP contribution in [0.4, 0.5) is 10.5 Å². The van der Waals surface area contributed by atoms with Crippen LogP contribution in [0.25, 0.3) is 0 Å². The Morgan fingerprint density at radius 2 is 2.05 bits per heavy atom. The topological polar surface area (TPSA) is 116 Å². The molecule has 8 nitrogen and oxygen atoms in total. The van der Waals surface area contributed by atoms with Gasteiger partial charge >= 0.3 is 17.8 Å². The maximum absolute atomic E-state index is 11.0. The molecule has 0 amide bonds. The van der Waals surface area contributed by atoms with E-state index >= 15 is 0 Å². The van der Waals surface area contributed by atoms with Gasteiger partial charge in [0.1, 0.15) is 6.10 Å². The first-order chi connectivity index (χ1) is 8.82. The fourth-order valence-electron chi connectivity index (χ4n) is 1.55. The molecule has 0 aliphatic heterocycles. The van der Waals surface area contributed by atoms with E-state index < -0.39 is 34.6 Å². The van der Waals surface area contributed by atoms with Gasteiger partial charge in [0.05, 0.1) is 10.5 Å². The van der Waals surface area contributed by atoms with Crippen molar-refractivity contribution in [1.29, 1.82) is 0 Å². The number of benzene rings is 1. The van der Waals surface area contributed by atoms with Crippen LogP contribution in [0.2, 0.25) is 0 Å². The number of carbonyl (C=O) groups is 2. The SMILES string of the molecule is CC(=O)OC(C)c1cccc(OC(=O)O)c1[N+](=O)[O-]. The standard InChI is InChI=1S/C11H11NO7/c1-6(18-7(2)13)8-4-3-5-9(19-11(14)15)10(8)12(16)17/h3-6H,1-2H3,(H,14,15). The molecule has 0 saturated carbocycles. The van der Waals surface area contributed by atoms with E-state index in [-0.39, 0.29) is 5.56 Å². The van der Waals surface area contributed by atoms with Crippen LogP contribution in [0.1, 0.15) is 25.5 Å². The lowest BCUT2D eigenvalue weighted by molar-refractivity contribution is -0.386. The molecular formula is C11H11NO7. The van der Waals surface area contributed by atoms with Crippen molar-refractivity contribution in [3.63, 3.8) is 0 Å². The number of para-hydroxylation sites is 1. The lowest BCUT2D eigenvalue weighted by atomic mass is 10.1. The van der Waals surface area contributed by atoms with Gasteiger partial charge in [-0.3, -0.25) is 14.9 Å². The van der Waals surface area contributed by atoms with Crippen LogP contribution in [0, 0.1) is 10.1 Å². The van der Waals surface area contributed by atoms with Crippen molar-refractivity contribution in [3.8, 4) is 5.75 Å². The van der Waals surface area contributed by atoms with Crippen LogP contribution in [0.3, 0.4) is 0 Å². The highest BCUT2D eigenvalue weighted by molar-refractivity contribution is 5.68. The molecular weight excluding hydrogens is 258 g/mol. The molecule has 1 N–H and O–H groups in total. The summed E-state index contributed by atoms with van der Waals surface area (Å²) in [5, 5.41) is 19.5. The van der Waals surface area contributed by atoms with Gasteiger partial charge in [0, 0.05) is 6.92 Å². The van der Waals surface area contributed by atoms with Gasteiger partial charge < -0.3 is 14.6 Å². The van der Waals surface area contributed by atoms with Crippen molar-refractivity contribution < 1.29 is 29.1 Å². The van der Waals surface area contributed by atoms with E-state index in [4.69, 9.17) is 9.84 Å². The third-order valence-electron chi connectivity index (χ3n) is 2.19. The normalized spacial score (nSPS) is 11.5. The minimum atomic E-state index is -1.67. The quantitative estimate of drug-likeness (QED) is 0.385. The van der Waals surface area contributed by atoms with Crippen LogP contribution in [0.15, 0.2) is 18.2 Å². The van der Waals surface area contributed by atoms with Crippen LogP contribution < -0.4 is 4.74 Å². The number of rotatable bonds is 4. The second-order valence-electron chi connectivity index (χ2n) is 3.57. The molecule has 8 heteroatoms. The average molecular weight is 269 g/mol. The molecule has 0 radical (unpaired) electrons. The van der Waals surface area contributed by atoms with E-state index in [0.29, 0.717) is 0 Å². The van der Waals surface area contributed by atoms with Gasteiger partial charge in [-0.05, 0) is 19.1 Å². The van der Waals surface area contributed by atoms with Crippen molar-refractivity contribution in [2.75, 3.05) is 0 Å². The minimum Gasteiger partial charge on any atom is -0.458 e. The Balaban J connectivity index is 3.27. The third-order valence-corrected chi connectivity index (χ3v) is 2.19. The first kappa shape index (κ1) is 14.4. The van der Waals surface area contributed by atoms with E-state index in [1.54, 1.807) is 0 Å². The molecule has 0 bridgehead atoms. The van der Waals surface area contributed by atoms with Crippen LogP contribution in [0.5, 0.6) is 5.75 Å². The number of esters is 1. The molecule has 0 fully saturated rings. The Morgan fingerprint density at radius 3 is 2.53 bits per heavy atom. The molecule has 1 aromatic carbocycles. The van der Waals surface area contributed by atoms with Gasteiger partial charge in [0.15, 0.2) is 0 Å². The Hall–Kier alpha value is -2.64. The molecule has 0 aliphatic carbocycles. The van der Waals surface area contributed by atoms with Crippen LogP contribution in [-0.4, -0.2) is 22.2 Å². The summed E-state index contributed by atoms with van der Waals surface area (Å²) in [6.45, 7) is 2.61. The summed E-state index contributed by atoms with van der Waals surface area (Å²) >= 11 is 0. The number of ether oxygens (including phenoxy) is 2. The lowest BCUT2D eigenvalue weighted by Crippen LogP contribution is -2.10. The van der Waals surface area contributed by atoms with Crippen molar-refractivity contribution in [3.05, 3.63) is 33.9 Å². The second kappa shape index (κ2) is 5.80. The van der Waals surface area contributed by atoms with E-state index in [9.17, 15) is 19.7 Å². The highest BCUT2D eigenvalue weighted by atomic mass is 16.7. The van der Waals surface area contributed by atoms with Gasteiger partial charge in [-0.15, -0.1) is 0 Å². The molecule has 1 rings (SSSR count). The third kappa shape index (κ3) is 3.66. The number of carboxylic acid groups (broad SMARTS) is 1. The first-order valence-corrected chi connectivity index (χ1v) is 5.18. The summed E-state index contributed by atoms with van der Waals surface area (Å²) in [4.78, 5) is 31.5. The summed E-state index contributed by atoms with van der Waals surface area (Å²) < 4.78 is 9.18. The zero-order valence-corrected chi connectivity index (χ0v) is 10.2. The molecule has 0 saturated heterocycles. The van der Waals surface area contributed by atoms with Crippen molar-refractivity contribution in [1.82, 2.24) is 0 Å². The fraction of sp³-hybridized carbons (Fsp3) is 0.273. The molecule has 1 atom stereocenters. The summed E-state index contributed by atoms with van der Waals surface area (Å²) in [6, 6.07) is 3.89. The predicted molar refractivity (Wildman–Crippen MR) is 61.9 cm³/mol. The maximum Gasteiger partial charge on any atom is 0.511 e. The Bertz CT molecular complexity index is 526. The molecule has 0 aliphatic rings. The molecule has 1 aromatic rings. The Labute approximate surface area is 107 Å². The minimum absolute atomic E-state index is 0.0546. The number of carbonyl (C=O) groups excluding carboxylic acids is 1. The summed E-state index contributed by atoms with van der Waals surface area (Å²) in [5.74, 6) is -1.03.